The summed E-state index contributed by atoms with van der Waals surface area (Å²) < 4.78 is 16.6. The second kappa shape index (κ2) is 9.15. The van der Waals surface area contributed by atoms with Crippen molar-refractivity contribution >= 4 is 18.1 Å². The van der Waals surface area contributed by atoms with Gasteiger partial charge in [-0.2, -0.15) is 0 Å². The normalized spacial score (nSPS) is 20.3. The molecule has 6 heteroatoms. The predicted molar refractivity (Wildman–Crippen MR) is 95.4 cm³/mol. The van der Waals surface area contributed by atoms with Gasteiger partial charge in [0.1, 0.15) is 12.2 Å². The van der Waals surface area contributed by atoms with E-state index >= 15 is 0 Å². The molecule has 0 aromatic heterocycles. The minimum atomic E-state index is -0.695. The second-order valence-corrected chi connectivity index (χ2v) is 6.29. The molecule has 1 fully saturated rings. The summed E-state index contributed by atoms with van der Waals surface area (Å²) in [4.78, 5) is 6.13. The molecule has 1 saturated heterocycles. The molecule has 132 valence electrons. The van der Waals surface area contributed by atoms with E-state index in [9.17, 15) is 0 Å². The zero-order valence-corrected chi connectivity index (χ0v) is 14.6. The molecule has 2 aromatic rings. The topological polar surface area (TPSA) is 46.2 Å². The van der Waals surface area contributed by atoms with Gasteiger partial charge in [-0.05, 0) is 23.3 Å². The number of ether oxygens (including phenoxy) is 2. The largest absolute Gasteiger partial charge is 0.376 e. The van der Waals surface area contributed by atoms with Crippen LogP contribution in [0.3, 0.4) is 0 Å². The molecule has 2 aromatic carbocycles. The minimum absolute atomic E-state index is 0.160. The van der Waals surface area contributed by atoms with Crippen molar-refractivity contribution in [3.63, 3.8) is 0 Å². The van der Waals surface area contributed by atoms with Crippen LogP contribution >= 0.6 is 12.0 Å². The summed E-state index contributed by atoms with van der Waals surface area (Å²) in [5.74, 6) is 0. The maximum Gasteiger partial charge on any atom is 0.143 e. The van der Waals surface area contributed by atoms with Gasteiger partial charge in [-0.1, -0.05) is 60.2 Å². The molecule has 0 aliphatic carbocycles. The fourth-order valence-electron chi connectivity index (χ4n) is 2.50. The van der Waals surface area contributed by atoms with E-state index in [-0.39, 0.29) is 6.61 Å². The highest BCUT2D eigenvalue weighted by Crippen LogP contribution is 2.30. The zero-order valence-electron chi connectivity index (χ0n) is 13.8. The molecule has 0 spiro atoms. The van der Waals surface area contributed by atoms with Gasteiger partial charge in [0.15, 0.2) is 0 Å². The molecule has 1 atom stereocenters. The first kappa shape index (κ1) is 18.1. The van der Waals surface area contributed by atoms with Crippen LogP contribution in [0.1, 0.15) is 11.1 Å². The second-order valence-electron chi connectivity index (χ2n) is 5.52. The average Bonchev–Trinajstić information content (AvgIpc) is 2.69. The standard InChI is InChI=1S/C19H20O5S/c1-2-16-8-10-18(11-9-16)25-24-23-22-15-19(14-20-12-13-21-19)17-6-4-3-5-7-17/h2-11H,1,12-15H2. The van der Waals surface area contributed by atoms with Gasteiger partial charge >= 0.3 is 0 Å². The summed E-state index contributed by atoms with van der Waals surface area (Å²) in [5, 5.41) is 4.85. The Morgan fingerprint density at radius 2 is 1.88 bits per heavy atom. The highest BCUT2D eigenvalue weighted by atomic mass is 32.2. The van der Waals surface area contributed by atoms with Crippen molar-refractivity contribution in [2.24, 2.45) is 0 Å². The van der Waals surface area contributed by atoms with E-state index in [0.717, 1.165) is 28.1 Å². The Kier molecular flexibility index (Phi) is 6.63. The van der Waals surface area contributed by atoms with Crippen LogP contribution in [0.4, 0.5) is 0 Å². The van der Waals surface area contributed by atoms with Gasteiger partial charge in [0.2, 0.25) is 0 Å². The molecule has 3 rings (SSSR count). The van der Waals surface area contributed by atoms with Crippen molar-refractivity contribution in [1.29, 1.82) is 0 Å². The number of rotatable bonds is 8. The van der Waals surface area contributed by atoms with Crippen molar-refractivity contribution in [2.45, 2.75) is 10.5 Å². The number of hydrogen-bond donors (Lipinski definition) is 0. The molecular weight excluding hydrogens is 340 g/mol. The average molecular weight is 360 g/mol. The first-order chi connectivity index (χ1) is 12.3. The van der Waals surface area contributed by atoms with Crippen molar-refractivity contribution in [3.05, 3.63) is 72.3 Å². The van der Waals surface area contributed by atoms with E-state index < -0.39 is 5.60 Å². The SMILES string of the molecule is C=Cc1ccc(SOOOCC2(c3ccccc3)COCCO2)cc1. The quantitative estimate of drug-likeness (QED) is 0.305. The Morgan fingerprint density at radius 1 is 1.08 bits per heavy atom. The summed E-state index contributed by atoms with van der Waals surface area (Å²) in [6, 6.07) is 17.5. The molecule has 0 amide bonds. The molecule has 1 aliphatic rings. The van der Waals surface area contributed by atoms with Crippen LogP contribution < -0.4 is 0 Å². The molecule has 1 unspecified atom stereocenters. The maximum absolute atomic E-state index is 5.94. The Labute approximate surface area is 151 Å². The lowest BCUT2D eigenvalue weighted by molar-refractivity contribution is -0.473. The molecule has 0 radical (unpaired) electrons. The van der Waals surface area contributed by atoms with Crippen molar-refractivity contribution in [3.8, 4) is 0 Å². The summed E-state index contributed by atoms with van der Waals surface area (Å²) in [6.45, 7) is 5.35. The van der Waals surface area contributed by atoms with Crippen molar-refractivity contribution in [2.75, 3.05) is 26.4 Å². The smallest absolute Gasteiger partial charge is 0.143 e. The van der Waals surface area contributed by atoms with E-state index in [0.29, 0.717) is 19.8 Å². The van der Waals surface area contributed by atoms with Gasteiger partial charge in [0.25, 0.3) is 0 Å². The third-order valence-corrected chi connectivity index (χ3v) is 4.44. The molecule has 25 heavy (non-hydrogen) atoms. The van der Waals surface area contributed by atoms with E-state index in [4.69, 9.17) is 23.7 Å². The summed E-state index contributed by atoms with van der Waals surface area (Å²) in [5.41, 5.74) is 1.32. The summed E-state index contributed by atoms with van der Waals surface area (Å²) >= 11 is 1.07. The number of benzene rings is 2. The van der Waals surface area contributed by atoms with Gasteiger partial charge in [0.05, 0.1) is 31.9 Å². The Morgan fingerprint density at radius 3 is 2.56 bits per heavy atom. The van der Waals surface area contributed by atoms with E-state index in [1.54, 1.807) is 6.08 Å². The summed E-state index contributed by atoms with van der Waals surface area (Å²) in [6.07, 6.45) is 1.78. The lowest BCUT2D eigenvalue weighted by Crippen LogP contribution is -2.44. The fourth-order valence-corrected chi connectivity index (χ4v) is 2.89. The Bertz CT molecular complexity index is 653. The van der Waals surface area contributed by atoms with E-state index in [2.05, 4.69) is 6.58 Å². The van der Waals surface area contributed by atoms with Crippen LogP contribution in [-0.4, -0.2) is 26.4 Å². The van der Waals surface area contributed by atoms with Crippen LogP contribution in [0.15, 0.2) is 66.1 Å². The van der Waals surface area contributed by atoms with Crippen molar-refractivity contribution < 1.29 is 23.7 Å². The van der Waals surface area contributed by atoms with E-state index in [1.165, 1.54) is 0 Å². The van der Waals surface area contributed by atoms with Crippen LogP contribution in [-0.2, 0) is 29.3 Å². The lowest BCUT2D eigenvalue weighted by Gasteiger charge is -2.36. The van der Waals surface area contributed by atoms with Gasteiger partial charge in [-0.3, -0.25) is 0 Å². The van der Waals surface area contributed by atoms with Crippen LogP contribution in [0, 0.1) is 0 Å². The zero-order chi connectivity index (χ0) is 17.4. The van der Waals surface area contributed by atoms with Crippen LogP contribution in [0.25, 0.3) is 6.08 Å². The molecule has 1 heterocycles. The summed E-state index contributed by atoms with van der Waals surface area (Å²) in [7, 11) is 0. The van der Waals surface area contributed by atoms with Gasteiger partial charge < -0.3 is 9.47 Å². The highest BCUT2D eigenvalue weighted by Gasteiger charge is 2.37. The van der Waals surface area contributed by atoms with Gasteiger partial charge in [-0.25, -0.2) is 4.89 Å². The van der Waals surface area contributed by atoms with Gasteiger partial charge in [0, 0.05) is 4.90 Å². The molecular formula is C19H20O5S. The van der Waals surface area contributed by atoms with E-state index in [1.807, 2.05) is 54.6 Å². The predicted octanol–water partition coefficient (Wildman–Crippen LogP) is 4.16. The minimum Gasteiger partial charge on any atom is -0.376 e. The Hall–Kier alpha value is -1.67. The van der Waals surface area contributed by atoms with Gasteiger partial charge in [-0.15, -0.1) is 4.33 Å². The maximum atomic E-state index is 5.94. The van der Waals surface area contributed by atoms with Crippen LogP contribution in [0.2, 0.25) is 0 Å². The third kappa shape index (κ3) is 4.92. The number of hydrogen-bond acceptors (Lipinski definition) is 6. The molecule has 0 bridgehead atoms. The van der Waals surface area contributed by atoms with Crippen LogP contribution in [0.5, 0.6) is 0 Å². The first-order valence-corrected chi connectivity index (χ1v) is 8.69. The first-order valence-electron chi connectivity index (χ1n) is 7.95. The monoisotopic (exact) mass is 360 g/mol. The third-order valence-electron chi connectivity index (χ3n) is 3.86. The molecule has 1 aliphatic heterocycles. The fraction of sp³-hybridized carbons (Fsp3) is 0.263. The highest BCUT2D eigenvalue weighted by molar-refractivity contribution is 7.94. The molecule has 0 N–H and O–H groups in total. The lowest BCUT2D eigenvalue weighted by atomic mass is 9.95. The molecule has 0 saturated carbocycles. The Balaban J connectivity index is 1.49. The van der Waals surface area contributed by atoms with Crippen molar-refractivity contribution in [1.82, 2.24) is 0 Å². The molecule has 5 nitrogen and oxygen atoms in total.